The number of urea groups is 1. The molecular weight excluding hydrogens is 306 g/mol. The van der Waals surface area contributed by atoms with Crippen LogP contribution in [0.15, 0.2) is 54.6 Å². The maximum absolute atomic E-state index is 12.0. The summed E-state index contributed by atoms with van der Waals surface area (Å²) >= 11 is 0. The fourth-order valence-corrected chi connectivity index (χ4v) is 1.83. The Labute approximate surface area is 141 Å². The number of para-hydroxylation sites is 1. The van der Waals surface area contributed by atoms with Crippen molar-refractivity contribution in [3.8, 4) is 5.75 Å². The fourth-order valence-electron chi connectivity index (χ4n) is 1.83. The molecule has 2 rings (SSSR count). The standard InChI is InChI=1S/C18H21N3O3/c1-13(2)12-24-16-10-8-14(9-11-16)17(22)20-21-18(23)19-15-6-4-3-5-7-15/h3-11,13H,12H2,1-2H3,(H,20,22)(H2,19,21,23). The molecule has 0 aromatic heterocycles. The van der Waals surface area contributed by atoms with Gasteiger partial charge in [0.2, 0.25) is 0 Å². The summed E-state index contributed by atoms with van der Waals surface area (Å²) < 4.78 is 5.56. The quantitative estimate of drug-likeness (QED) is 0.738. The van der Waals surface area contributed by atoms with E-state index in [0.717, 1.165) is 0 Å². The zero-order valence-corrected chi connectivity index (χ0v) is 13.7. The molecule has 24 heavy (non-hydrogen) atoms. The summed E-state index contributed by atoms with van der Waals surface area (Å²) in [5.74, 6) is 0.726. The van der Waals surface area contributed by atoms with Crippen molar-refractivity contribution in [3.05, 3.63) is 60.2 Å². The summed E-state index contributed by atoms with van der Waals surface area (Å²) in [5.41, 5.74) is 5.71. The number of ether oxygens (including phenoxy) is 1. The molecule has 0 radical (unpaired) electrons. The Hall–Kier alpha value is -3.02. The predicted octanol–water partition coefficient (Wildman–Crippen LogP) is 3.19. The lowest BCUT2D eigenvalue weighted by molar-refractivity contribution is 0.0938. The Bertz CT molecular complexity index is 670. The third-order valence-corrected chi connectivity index (χ3v) is 3.02. The molecule has 6 nitrogen and oxygen atoms in total. The summed E-state index contributed by atoms with van der Waals surface area (Å²) in [6.07, 6.45) is 0. The highest BCUT2D eigenvalue weighted by molar-refractivity contribution is 5.97. The minimum Gasteiger partial charge on any atom is -0.493 e. The molecule has 126 valence electrons. The van der Waals surface area contributed by atoms with E-state index in [1.54, 1.807) is 48.5 Å². The van der Waals surface area contributed by atoms with Gasteiger partial charge in [-0.2, -0.15) is 0 Å². The van der Waals surface area contributed by atoms with Crippen LogP contribution in [0.2, 0.25) is 0 Å². The zero-order chi connectivity index (χ0) is 17.4. The number of hydrogen-bond acceptors (Lipinski definition) is 3. The van der Waals surface area contributed by atoms with Crippen molar-refractivity contribution < 1.29 is 14.3 Å². The van der Waals surface area contributed by atoms with Crippen molar-refractivity contribution in [2.75, 3.05) is 11.9 Å². The van der Waals surface area contributed by atoms with Gasteiger partial charge in [-0.05, 0) is 42.3 Å². The number of carbonyl (C=O) groups excluding carboxylic acids is 2. The first-order chi connectivity index (χ1) is 11.5. The second-order valence-corrected chi connectivity index (χ2v) is 5.63. The molecule has 0 heterocycles. The van der Waals surface area contributed by atoms with Gasteiger partial charge in [0.05, 0.1) is 6.61 Å². The molecule has 2 aromatic carbocycles. The van der Waals surface area contributed by atoms with Gasteiger partial charge in [-0.25, -0.2) is 10.2 Å². The van der Waals surface area contributed by atoms with E-state index in [-0.39, 0.29) is 0 Å². The van der Waals surface area contributed by atoms with Gasteiger partial charge in [-0.15, -0.1) is 0 Å². The van der Waals surface area contributed by atoms with Gasteiger partial charge in [-0.3, -0.25) is 10.2 Å². The average molecular weight is 327 g/mol. The van der Waals surface area contributed by atoms with E-state index >= 15 is 0 Å². The van der Waals surface area contributed by atoms with Gasteiger partial charge < -0.3 is 10.1 Å². The van der Waals surface area contributed by atoms with Crippen molar-refractivity contribution in [1.29, 1.82) is 0 Å². The third-order valence-electron chi connectivity index (χ3n) is 3.02. The third kappa shape index (κ3) is 5.64. The Morgan fingerprint density at radius 3 is 2.25 bits per heavy atom. The Kier molecular flexibility index (Phi) is 6.19. The molecule has 0 saturated heterocycles. The number of rotatable bonds is 5. The Morgan fingerprint density at radius 2 is 1.62 bits per heavy atom. The van der Waals surface area contributed by atoms with E-state index < -0.39 is 11.9 Å². The van der Waals surface area contributed by atoms with E-state index in [0.29, 0.717) is 29.5 Å². The normalized spacial score (nSPS) is 10.1. The highest BCUT2D eigenvalue weighted by Crippen LogP contribution is 2.13. The van der Waals surface area contributed by atoms with E-state index in [9.17, 15) is 9.59 Å². The number of nitrogens with one attached hydrogen (secondary N) is 3. The van der Waals surface area contributed by atoms with Crippen LogP contribution < -0.4 is 20.9 Å². The average Bonchev–Trinajstić information content (AvgIpc) is 2.59. The molecule has 0 aliphatic carbocycles. The summed E-state index contributed by atoms with van der Waals surface area (Å²) in [7, 11) is 0. The SMILES string of the molecule is CC(C)COc1ccc(C(=O)NNC(=O)Nc2ccccc2)cc1. The van der Waals surface area contributed by atoms with Gasteiger partial charge in [-0.1, -0.05) is 32.0 Å². The lowest BCUT2D eigenvalue weighted by atomic mass is 10.2. The minimum absolute atomic E-state index is 0.409. The molecule has 0 unspecified atom stereocenters. The zero-order valence-electron chi connectivity index (χ0n) is 13.7. The lowest BCUT2D eigenvalue weighted by Crippen LogP contribution is -2.43. The number of amides is 3. The molecular formula is C18H21N3O3. The molecule has 0 bridgehead atoms. The topological polar surface area (TPSA) is 79.5 Å². The van der Waals surface area contributed by atoms with Crippen molar-refractivity contribution in [3.63, 3.8) is 0 Å². The maximum atomic E-state index is 12.0. The van der Waals surface area contributed by atoms with Crippen LogP contribution in [0.1, 0.15) is 24.2 Å². The van der Waals surface area contributed by atoms with Crippen LogP contribution in [0.5, 0.6) is 5.75 Å². The van der Waals surface area contributed by atoms with E-state index in [2.05, 4.69) is 30.0 Å². The van der Waals surface area contributed by atoms with Crippen LogP contribution in [0.4, 0.5) is 10.5 Å². The second kappa shape index (κ2) is 8.57. The van der Waals surface area contributed by atoms with Crippen molar-refractivity contribution in [2.24, 2.45) is 5.92 Å². The number of anilines is 1. The summed E-state index contributed by atoms with van der Waals surface area (Å²) in [4.78, 5) is 23.7. The molecule has 3 N–H and O–H groups in total. The molecule has 0 fully saturated rings. The monoisotopic (exact) mass is 327 g/mol. The van der Waals surface area contributed by atoms with Crippen molar-refractivity contribution >= 4 is 17.6 Å². The van der Waals surface area contributed by atoms with Gasteiger partial charge >= 0.3 is 6.03 Å². The first-order valence-corrected chi connectivity index (χ1v) is 7.70. The summed E-state index contributed by atoms with van der Waals surface area (Å²) in [6, 6.07) is 15.2. The van der Waals surface area contributed by atoms with Gasteiger partial charge in [0.15, 0.2) is 0 Å². The van der Waals surface area contributed by atoms with Gasteiger partial charge in [0.1, 0.15) is 5.75 Å². The number of hydrogen-bond donors (Lipinski definition) is 3. The molecule has 0 atom stereocenters. The first kappa shape index (κ1) is 17.3. The second-order valence-electron chi connectivity index (χ2n) is 5.63. The fraction of sp³-hybridized carbons (Fsp3) is 0.222. The van der Waals surface area contributed by atoms with Gasteiger partial charge in [0.25, 0.3) is 5.91 Å². The molecule has 3 amide bonds. The summed E-state index contributed by atoms with van der Waals surface area (Å²) in [6.45, 7) is 4.74. The van der Waals surface area contributed by atoms with Crippen LogP contribution in [0, 0.1) is 5.92 Å². The molecule has 0 spiro atoms. The van der Waals surface area contributed by atoms with Crippen LogP contribution in [0.25, 0.3) is 0 Å². The molecule has 0 saturated carbocycles. The number of hydrazine groups is 1. The maximum Gasteiger partial charge on any atom is 0.337 e. The number of carbonyl (C=O) groups is 2. The molecule has 2 aromatic rings. The van der Waals surface area contributed by atoms with Crippen molar-refractivity contribution in [1.82, 2.24) is 10.9 Å². The van der Waals surface area contributed by atoms with Crippen LogP contribution in [-0.4, -0.2) is 18.5 Å². The minimum atomic E-state index is -0.522. The predicted molar refractivity (Wildman–Crippen MR) is 92.8 cm³/mol. The highest BCUT2D eigenvalue weighted by Gasteiger charge is 2.08. The van der Waals surface area contributed by atoms with Crippen LogP contribution in [-0.2, 0) is 0 Å². The lowest BCUT2D eigenvalue weighted by Gasteiger charge is -2.10. The van der Waals surface area contributed by atoms with E-state index in [1.165, 1.54) is 0 Å². The smallest absolute Gasteiger partial charge is 0.337 e. The van der Waals surface area contributed by atoms with Gasteiger partial charge in [0, 0.05) is 11.3 Å². The largest absolute Gasteiger partial charge is 0.493 e. The molecule has 0 aliphatic rings. The van der Waals surface area contributed by atoms with Crippen LogP contribution in [0.3, 0.4) is 0 Å². The number of benzene rings is 2. The Balaban J connectivity index is 1.80. The van der Waals surface area contributed by atoms with Crippen LogP contribution >= 0.6 is 0 Å². The van der Waals surface area contributed by atoms with E-state index in [1.807, 2.05) is 6.07 Å². The first-order valence-electron chi connectivity index (χ1n) is 7.70. The molecule has 0 aliphatic heterocycles. The van der Waals surface area contributed by atoms with Crippen molar-refractivity contribution in [2.45, 2.75) is 13.8 Å². The molecule has 6 heteroatoms. The highest BCUT2D eigenvalue weighted by atomic mass is 16.5. The Morgan fingerprint density at radius 1 is 0.958 bits per heavy atom. The van der Waals surface area contributed by atoms with E-state index in [4.69, 9.17) is 4.74 Å². The summed E-state index contributed by atoms with van der Waals surface area (Å²) in [5, 5.41) is 2.60.